The van der Waals surface area contributed by atoms with Gasteiger partial charge in [-0.15, -0.1) is 0 Å². The molecule has 1 aliphatic rings. The zero-order chi connectivity index (χ0) is 21.0. The van der Waals surface area contributed by atoms with E-state index in [9.17, 15) is 22.8 Å². The minimum atomic E-state index is -4.51. The molecule has 1 saturated heterocycles. The molecule has 2 aromatic rings. The number of nitrogens with zero attached hydrogens (tertiary/aromatic N) is 1. The van der Waals surface area contributed by atoms with Gasteiger partial charge < -0.3 is 15.0 Å². The molecule has 1 aliphatic heterocycles. The fourth-order valence-electron chi connectivity index (χ4n) is 2.98. The summed E-state index contributed by atoms with van der Waals surface area (Å²) in [6.07, 6.45) is -3.17. The van der Waals surface area contributed by atoms with Crippen molar-refractivity contribution >= 4 is 29.1 Å². The van der Waals surface area contributed by atoms with Crippen LogP contribution >= 0.6 is 11.6 Å². The smallest absolute Gasteiger partial charge is 0.422 e. The number of alkyl halides is 3. The number of halogens is 4. The fraction of sp³-hybridized carbons (Fsp3) is 0.300. The lowest BCUT2D eigenvalue weighted by molar-refractivity contribution is -0.153. The van der Waals surface area contributed by atoms with Crippen LogP contribution in [-0.2, 0) is 11.3 Å². The van der Waals surface area contributed by atoms with Crippen molar-refractivity contribution in [1.82, 2.24) is 4.90 Å². The molecule has 0 aliphatic carbocycles. The summed E-state index contributed by atoms with van der Waals surface area (Å²) in [4.78, 5) is 26.1. The lowest BCUT2D eigenvalue weighted by Crippen LogP contribution is -2.24. The Balaban J connectivity index is 1.74. The summed E-state index contributed by atoms with van der Waals surface area (Å²) in [6.45, 7) is -0.411. The normalized spacial score (nSPS) is 14.2. The quantitative estimate of drug-likeness (QED) is 0.731. The van der Waals surface area contributed by atoms with Crippen LogP contribution in [0.25, 0.3) is 0 Å². The van der Waals surface area contributed by atoms with Gasteiger partial charge in [0.2, 0.25) is 5.91 Å². The van der Waals surface area contributed by atoms with Gasteiger partial charge in [-0.05, 0) is 42.3 Å². The molecular weight excluding hydrogens is 409 g/mol. The van der Waals surface area contributed by atoms with Crippen LogP contribution in [0, 0.1) is 0 Å². The Morgan fingerprint density at radius 2 is 2.00 bits per heavy atom. The van der Waals surface area contributed by atoms with Gasteiger partial charge in [0.1, 0.15) is 5.75 Å². The van der Waals surface area contributed by atoms with Gasteiger partial charge in [-0.3, -0.25) is 9.59 Å². The Hall–Kier alpha value is -2.74. The molecule has 5 nitrogen and oxygen atoms in total. The summed E-state index contributed by atoms with van der Waals surface area (Å²) in [6, 6.07) is 10.7. The molecule has 0 radical (unpaired) electrons. The van der Waals surface area contributed by atoms with Gasteiger partial charge in [0.25, 0.3) is 5.91 Å². The molecule has 3 rings (SSSR count). The predicted molar refractivity (Wildman–Crippen MR) is 102 cm³/mol. The molecule has 154 valence electrons. The fourth-order valence-corrected chi connectivity index (χ4v) is 3.15. The molecule has 9 heteroatoms. The first kappa shape index (κ1) is 21.0. The van der Waals surface area contributed by atoms with E-state index in [-0.39, 0.29) is 22.4 Å². The maximum Gasteiger partial charge on any atom is 0.422 e. The highest BCUT2D eigenvalue weighted by molar-refractivity contribution is 6.31. The van der Waals surface area contributed by atoms with Crippen LogP contribution in [0.5, 0.6) is 5.75 Å². The zero-order valence-electron chi connectivity index (χ0n) is 15.3. The van der Waals surface area contributed by atoms with Crippen LogP contribution in [0.15, 0.2) is 42.5 Å². The zero-order valence-corrected chi connectivity index (χ0v) is 16.0. The minimum absolute atomic E-state index is 0.0341. The Kier molecular flexibility index (Phi) is 6.32. The number of hydrogen-bond donors (Lipinski definition) is 1. The van der Waals surface area contributed by atoms with Crippen LogP contribution < -0.4 is 10.1 Å². The number of likely N-dealkylation sites (tertiary alicyclic amines) is 1. The third-order valence-electron chi connectivity index (χ3n) is 4.32. The number of ether oxygens (including phenoxy) is 1. The summed E-state index contributed by atoms with van der Waals surface area (Å²) in [5.41, 5.74) is 1.12. The number of carbonyl (C=O) groups is 2. The number of nitrogens with one attached hydrogen (secondary N) is 1. The Morgan fingerprint density at radius 1 is 1.21 bits per heavy atom. The van der Waals surface area contributed by atoms with E-state index >= 15 is 0 Å². The lowest BCUT2D eigenvalue weighted by atomic mass is 10.1. The molecule has 2 amide bonds. The number of amides is 2. The molecule has 0 unspecified atom stereocenters. The number of carbonyl (C=O) groups excluding carboxylic acids is 2. The van der Waals surface area contributed by atoms with Gasteiger partial charge in [0, 0.05) is 30.1 Å². The number of hydrogen-bond acceptors (Lipinski definition) is 3. The second-order valence-electron chi connectivity index (χ2n) is 6.62. The first-order valence-electron chi connectivity index (χ1n) is 8.88. The maximum absolute atomic E-state index is 12.6. The van der Waals surface area contributed by atoms with E-state index in [0.717, 1.165) is 12.0 Å². The molecule has 0 bridgehead atoms. The van der Waals surface area contributed by atoms with Crippen molar-refractivity contribution in [1.29, 1.82) is 0 Å². The third kappa shape index (κ3) is 5.87. The number of benzene rings is 2. The van der Waals surface area contributed by atoms with Crippen molar-refractivity contribution < 1.29 is 27.5 Å². The van der Waals surface area contributed by atoms with Crippen molar-refractivity contribution in [3.63, 3.8) is 0 Å². The SMILES string of the molecule is O=C(Nc1cc(Cl)ccc1OCC(F)(F)F)c1cccc(CN2CCCC2=O)c1. The molecule has 1 heterocycles. The van der Waals surface area contributed by atoms with E-state index in [0.29, 0.717) is 25.1 Å². The molecular formula is C20H18ClF3N2O3. The van der Waals surface area contributed by atoms with Crippen molar-refractivity contribution in [3.8, 4) is 5.75 Å². The largest absolute Gasteiger partial charge is 0.482 e. The molecule has 0 aromatic heterocycles. The monoisotopic (exact) mass is 426 g/mol. The summed E-state index contributed by atoms with van der Waals surface area (Å²) >= 11 is 5.90. The molecule has 1 fully saturated rings. The summed E-state index contributed by atoms with van der Waals surface area (Å²) in [5.74, 6) is -0.595. The van der Waals surface area contributed by atoms with Gasteiger partial charge in [0.15, 0.2) is 6.61 Å². The number of rotatable bonds is 6. The van der Waals surface area contributed by atoms with Gasteiger partial charge in [0.05, 0.1) is 5.69 Å². The summed E-state index contributed by atoms with van der Waals surface area (Å²) in [5, 5.41) is 2.77. The highest BCUT2D eigenvalue weighted by atomic mass is 35.5. The van der Waals surface area contributed by atoms with Crippen LogP contribution in [0.2, 0.25) is 5.02 Å². The summed E-state index contributed by atoms with van der Waals surface area (Å²) in [7, 11) is 0. The van der Waals surface area contributed by atoms with Crippen LogP contribution in [0.3, 0.4) is 0 Å². The van der Waals surface area contributed by atoms with E-state index < -0.39 is 18.7 Å². The van der Waals surface area contributed by atoms with E-state index in [2.05, 4.69) is 5.32 Å². The van der Waals surface area contributed by atoms with Gasteiger partial charge in [-0.1, -0.05) is 23.7 Å². The van der Waals surface area contributed by atoms with E-state index in [1.807, 2.05) is 0 Å². The molecule has 0 saturated carbocycles. The van der Waals surface area contributed by atoms with E-state index in [1.165, 1.54) is 18.2 Å². The minimum Gasteiger partial charge on any atom is -0.482 e. The Morgan fingerprint density at radius 3 is 2.69 bits per heavy atom. The van der Waals surface area contributed by atoms with Crippen LogP contribution in [-0.4, -0.2) is 36.0 Å². The third-order valence-corrected chi connectivity index (χ3v) is 4.55. The summed E-state index contributed by atoms with van der Waals surface area (Å²) < 4.78 is 42.1. The highest BCUT2D eigenvalue weighted by Gasteiger charge is 2.29. The highest BCUT2D eigenvalue weighted by Crippen LogP contribution is 2.30. The second-order valence-corrected chi connectivity index (χ2v) is 7.05. The molecule has 29 heavy (non-hydrogen) atoms. The van der Waals surface area contributed by atoms with E-state index in [1.54, 1.807) is 29.2 Å². The number of anilines is 1. The predicted octanol–water partition coefficient (Wildman–Crippen LogP) is 4.66. The first-order valence-corrected chi connectivity index (χ1v) is 9.26. The lowest BCUT2D eigenvalue weighted by Gasteiger charge is -2.16. The van der Waals surface area contributed by atoms with Crippen molar-refractivity contribution in [2.24, 2.45) is 0 Å². The van der Waals surface area contributed by atoms with Gasteiger partial charge >= 0.3 is 6.18 Å². The van der Waals surface area contributed by atoms with Gasteiger partial charge in [-0.2, -0.15) is 13.2 Å². The topological polar surface area (TPSA) is 58.6 Å². The standard InChI is InChI=1S/C20H18ClF3N2O3/c21-15-6-7-17(29-12-20(22,23)24)16(10-15)25-19(28)14-4-1-3-13(9-14)11-26-8-2-5-18(26)27/h1,3-4,6-7,9-10H,2,5,8,11-12H2,(H,25,28). The van der Waals surface area contributed by atoms with Gasteiger partial charge in [-0.25, -0.2) is 0 Å². The van der Waals surface area contributed by atoms with Crippen molar-refractivity contribution in [2.45, 2.75) is 25.6 Å². The second kappa shape index (κ2) is 8.73. The Labute approximate surface area is 170 Å². The first-order chi connectivity index (χ1) is 13.7. The molecule has 0 atom stereocenters. The molecule has 0 spiro atoms. The molecule has 2 aromatic carbocycles. The molecule has 1 N–H and O–H groups in total. The average Bonchev–Trinajstić information content (AvgIpc) is 3.05. The van der Waals surface area contributed by atoms with Crippen molar-refractivity contribution in [3.05, 3.63) is 58.6 Å². The van der Waals surface area contributed by atoms with Crippen LogP contribution in [0.1, 0.15) is 28.8 Å². The van der Waals surface area contributed by atoms with Crippen LogP contribution in [0.4, 0.5) is 18.9 Å². The Bertz CT molecular complexity index is 918. The van der Waals surface area contributed by atoms with E-state index in [4.69, 9.17) is 16.3 Å². The maximum atomic E-state index is 12.6. The van der Waals surface area contributed by atoms with Crippen molar-refractivity contribution in [2.75, 3.05) is 18.5 Å². The average molecular weight is 427 g/mol.